The van der Waals surface area contributed by atoms with E-state index in [1.165, 1.54) is 57.1 Å². The van der Waals surface area contributed by atoms with Crippen molar-refractivity contribution in [2.24, 2.45) is 10.8 Å². The van der Waals surface area contributed by atoms with Gasteiger partial charge in [0.15, 0.2) is 0 Å². The first kappa shape index (κ1) is 19.8. The molecule has 0 fully saturated rings. The molecule has 0 spiro atoms. The van der Waals surface area contributed by atoms with Gasteiger partial charge in [0.2, 0.25) is 8.32 Å². The molecule has 1 atom stereocenters. The van der Waals surface area contributed by atoms with Crippen LogP contribution in [0.1, 0.15) is 85.5 Å². The van der Waals surface area contributed by atoms with E-state index >= 15 is 0 Å². The summed E-state index contributed by atoms with van der Waals surface area (Å²) in [5, 5.41) is 0. The van der Waals surface area contributed by atoms with Crippen LogP contribution in [-0.4, -0.2) is 8.32 Å². The van der Waals surface area contributed by atoms with Crippen molar-refractivity contribution in [3.63, 3.8) is 0 Å². The van der Waals surface area contributed by atoms with E-state index in [0.29, 0.717) is 10.8 Å². The molecule has 22 heavy (non-hydrogen) atoms. The van der Waals surface area contributed by atoms with Crippen molar-refractivity contribution in [1.29, 1.82) is 0 Å². The molecule has 1 nitrogen and oxygen atoms in total. The second-order valence-electron chi connectivity index (χ2n) is 9.51. The summed E-state index contributed by atoms with van der Waals surface area (Å²) in [6.45, 7) is 16.4. The fraction of sp³-hybridized carbons (Fsp3) is 0.900. The van der Waals surface area contributed by atoms with E-state index in [-0.39, 0.29) is 0 Å². The first-order valence-corrected chi connectivity index (χ1v) is 12.9. The van der Waals surface area contributed by atoms with Gasteiger partial charge < -0.3 is 4.43 Å². The Hall–Kier alpha value is -0.243. The zero-order valence-electron chi connectivity index (χ0n) is 16.3. The SMILES string of the molecule is CCCCCCCCC1(C)C=C(O[Si](C)(C)C)CC(C)(C)C1. The van der Waals surface area contributed by atoms with Crippen molar-refractivity contribution in [1.82, 2.24) is 0 Å². The quantitative estimate of drug-likeness (QED) is 0.319. The van der Waals surface area contributed by atoms with Crippen molar-refractivity contribution in [3.05, 3.63) is 11.8 Å². The van der Waals surface area contributed by atoms with Gasteiger partial charge in [-0.3, -0.25) is 0 Å². The molecule has 1 unspecified atom stereocenters. The van der Waals surface area contributed by atoms with Crippen molar-refractivity contribution < 1.29 is 4.43 Å². The maximum atomic E-state index is 6.37. The lowest BCUT2D eigenvalue weighted by atomic mass is 9.66. The van der Waals surface area contributed by atoms with E-state index in [1.54, 1.807) is 0 Å². The first-order valence-electron chi connectivity index (χ1n) is 9.46. The standard InChI is InChI=1S/C20H40OSi/c1-8-9-10-11-12-13-14-20(4)16-18(21-22(5,6)7)15-19(2,3)17-20/h16H,8-15,17H2,1-7H3. The predicted molar refractivity (Wildman–Crippen MR) is 102 cm³/mol. The molecule has 0 aromatic rings. The highest BCUT2D eigenvalue weighted by Crippen LogP contribution is 2.48. The van der Waals surface area contributed by atoms with Gasteiger partial charge in [-0.2, -0.15) is 0 Å². The number of allylic oxidation sites excluding steroid dienone is 2. The summed E-state index contributed by atoms with van der Waals surface area (Å²) in [5.74, 6) is 1.28. The Labute approximate surface area is 141 Å². The minimum Gasteiger partial charge on any atom is -0.548 e. The third-order valence-electron chi connectivity index (χ3n) is 4.58. The minimum atomic E-state index is -1.49. The molecule has 0 aliphatic heterocycles. The van der Waals surface area contributed by atoms with E-state index in [2.05, 4.69) is 53.4 Å². The molecule has 0 N–H and O–H groups in total. The Bertz CT molecular complexity index is 364. The van der Waals surface area contributed by atoms with Crippen LogP contribution < -0.4 is 0 Å². The third kappa shape index (κ3) is 7.85. The number of unbranched alkanes of at least 4 members (excludes halogenated alkanes) is 5. The van der Waals surface area contributed by atoms with Gasteiger partial charge in [0.1, 0.15) is 0 Å². The normalized spacial score (nSPS) is 25.0. The molecule has 0 heterocycles. The number of hydrogen-bond acceptors (Lipinski definition) is 1. The predicted octanol–water partition coefficient (Wildman–Crippen LogP) is 7.30. The van der Waals surface area contributed by atoms with Crippen molar-refractivity contribution in [2.75, 3.05) is 0 Å². The Morgan fingerprint density at radius 3 is 2.18 bits per heavy atom. The summed E-state index contributed by atoms with van der Waals surface area (Å²) in [6.07, 6.45) is 14.6. The molecule has 0 radical (unpaired) electrons. The average Bonchev–Trinajstić information content (AvgIpc) is 2.28. The van der Waals surface area contributed by atoms with Gasteiger partial charge in [-0.15, -0.1) is 0 Å². The third-order valence-corrected chi connectivity index (χ3v) is 5.46. The fourth-order valence-corrected chi connectivity index (χ4v) is 4.96. The highest BCUT2D eigenvalue weighted by Gasteiger charge is 2.37. The monoisotopic (exact) mass is 324 g/mol. The summed E-state index contributed by atoms with van der Waals surface area (Å²) in [4.78, 5) is 0. The van der Waals surface area contributed by atoms with E-state index in [1.807, 2.05) is 0 Å². The molecule has 0 saturated heterocycles. The summed E-state index contributed by atoms with van der Waals surface area (Å²) in [5.41, 5.74) is 0.710. The maximum Gasteiger partial charge on any atom is 0.241 e. The molecule has 0 bridgehead atoms. The molecule has 1 aliphatic carbocycles. The largest absolute Gasteiger partial charge is 0.548 e. The molecule has 1 rings (SSSR count). The Morgan fingerprint density at radius 1 is 1.00 bits per heavy atom. The van der Waals surface area contributed by atoms with E-state index in [0.717, 1.165) is 6.42 Å². The summed E-state index contributed by atoms with van der Waals surface area (Å²) < 4.78 is 6.37. The summed E-state index contributed by atoms with van der Waals surface area (Å²) >= 11 is 0. The fourth-order valence-electron chi connectivity index (χ4n) is 4.05. The van der Waals surface area contributed by atoms with Gasteiger partial charge in [0.05, 0.1) is 5.76 Å². The lowest BCUT2D eigenvalue weighted by Gasteiger charge is -2.42. The van der Waals surface area contributed by atoms with Crippen molar-refractivity contribution >= 4 is 8.32 Å². The maximum absolute atomic E-state index is 6.37. The Kier molecular flexibility index (Phi) is 7.23. The smallest absolute Gasteiger partial charge is 0.241 e. The number of hydrogen-bond donors (Lipinski definition) is 0. The van der Waals surface area contributed by atoms with Crippen molar-refractivity contribution in [2.45, 2.75) is 105 Å². The van der Waals surface area contributed by atoms with Gasteiger partial charge in [0.25, 0.3) is 0 Å². The van der Waals surface area contributed by atoms with Crippen LogP contribution >= 0.6 is 0 Å². The summed E-state index contributed by atoms with van der Waals surface area (Å²) in [6, 6.07) is 0. The van der Waals surface area contributed by atoms with E-state index < -0.39 is 8.32 Å². The van der Waals surface area contributed by atoms with Crippen molar-refractivity contribution in [3.8, 4) is 0 Å². The van der Waals surface area contributed by atoms with Gasteiger partial charge in [0, 0.05) is 6.42 Å². The molecule has 1 aliphatic rings. The highest BCUT2D eigenvalue weighted by molar-refractivity contribution is 6.70. The molecular weight excluding hydrogens is 284 g/mol. The second-order valence-corrected chi connectivity index (χ2v) is 13.9. The van der Waals surface area contributed by atoms with Crippen LogP contribution in [0.25, 0.3) is 0 Å². The molecular formula is C20H40OSi. The van der Waals surface area contributed by atoms with Gasteiger partial charge in [-0.25, -0.2) is 0 Å². The lowest BCUT2D eigenvalue weighted by Crippen LogP contribution is -2.33. The van der Waals surface area contributed by atoms with E-state index in [4.69, 9.17) is 4.43 Å². The Morgan fingerprint density at radius 2 is 1.59 bits per heavy atom. The zero-order chi connectivity index (χ0) is 16.9. The molecule has 0 amide bonds. The molecule has 0 aromatic carbocycles. The van der Waals surface area contributed by atoms with Crippen LogP contribution in [0.4, 0.5) is 0 Å². The lowest BCUT2D eigenvalue weighted by molar-refractivity contribution is 0.155. The van der Waals surface area contributed by atoms with E-state index in [9.17, 15) is 0 Å². The van der Waals surface area contributed by atoms with Gasteiger partial charge in [-0.1, -0.05) is 66.2 Å². The van der Waals surface area contributed by atoms with Crippen LogP contribution in [0.5, 0.6) is 0 Å². The van der Waals surface area contributed by atoms with Crippen LogP contribution in [-0.2, 0) is 4.43 Å². The second kappa shape index (κ2) is 8.03. The summed E-state index contributed by atoms with van der Waals surface area (Å²) in [7, 11) is -1.49. The number of rotatable bonds is 9. The van der Waals surface area contributed by atoms with Gasteiger partial charge in [-0.05, 0) is 49.4 Å². The molecule has 0 saturated carbocycles. The van der Waals surface area contributed by atoms with Crippen LogP contribution in [0.2, 0.25) is 19.6 Å². The molecule has 2 heteroatoms. The average molecular weight is 325 g/mol. The zero-order valence-corrected chi connectivity index (χ0v) is 17.3. The van der Waals surface area contributed by atoms with Crippen LogP contribution in [0.3, 0.4) is 0 Å². The minimum absolute atomic E-state index is 0.335. The Balaban J connectivity index is 2.58. The molecule has 130 valence electrons. The molecule has 0 aromatic heterocycles. The topological polar surface area (TPSA) is 9.23 Å². The van der Waals surface area contributed by atoms with Crippen LogP contribution in [0, 0.1) is 10.8 Å². The highest BCUT2D eigenvalue weighted by atomic mass is 28.4. The first-order chi connectivity index (χ1) is 10.1. The van der Waals surface area contributed by atoms with Gasteiger partial charge >= 0.3 is 0 Å². The van der Waals surface area contributed by atoms with Crippen LogP contribution in [0.15, 0.2) is 11.8 Å².